The van der Waals surface area contributed by atoms with E-state index < -0.39 is 0 Å². The molecular weight excluding hydrogens is 307 g/mol. The van der Waals surface area contributed by atoms with Crippen LogP contribution in [-0.4, -0.2) is 0 Å². The van der Waals surface area contributed by atoms with E-state index in [1.165, 1.54) is 11.3 Å². The Morgan fingerprint density at radius 1 is 1.17 bits per heavy atom. The second-order valence-electron chi connectivity index (χ2n) is 2.32. The van der Waals surface area contributed by atoms with E-state index in [2.05, 4.69) is 31.9 Å². The summed E-state index contributed by atoms with van der Waals surface area (Å²) in [6.07, 6.45) is 0. The Morgan fingerprint density at radius 2 is 1.92 bits per heavy atom. The van der Waals surface area contributed by atoms with Crippen molar-refractivity contribution in [1.82, 2.24) is 0 Å². The lowest BCUT2D eigenvalue weighted by atomic mass is 10.3. The Morgan fingerprint density at radius 3 is 2.67 bits per heavy atom. The van der Waals surface area contributed by atoms with Crippen LogP contribution >= 0.6 is 43.2 Å². The molecule has 0 aliphatic rings. The zero-order valence-electron chi connectivity index (χ0n) is 5.77. The average molecular weight is 310 g/mol. The molecule has 0 N–H and O–H groups in total. The lowest BCUT2D eigenvalue weighted by molar-refractivity contribution is 0.635. The molecule has 0 fully saturated rings. The number of rotatable bonds is 0. The molecule has 0 atom stereocenters. The van der Waals surface area contributed by atoms with Gasteiger partial charge in [0.15, 0.2) is 5.82 Å². The standard InChI is InChI=1S/C8H3Br2FS/c9-5-2-1-4-6(10)3-12-8(4)7(5)11/h1-3H. The minimum absolute atomic E-state index is 0.178. The van der Waals surface area contributed by atoms with Crippen LogP contribution in [0.5, 0.6) is 0 Å². The number of hydrogen-bond donors (Lipinski definition) is 0. The van der Waals surface area contributed by atoms with Crippen LogP contribution in [0, 0.1) is 5.82 Å². The summed E-state index contributed by atoms with van der Waals surface area (Å²) in [5.41, 5.74) is 0. The highest BCUT2D eigenvalue weighted by Crippen LogP contribution is 2.34. The van der Waals surface area contributed by atoms with Crippen molar-refractivity contribution in [2.45, 2.75) is 0 Å². The highest BCUT2D eigenvalue weighted by atomic mass is 79.9. The maximum absolute atomic E-state index is 13.4. The minimum atomic E-state index is -0.178. The molecule has 1 heterocycles. The van der Waals surface area contributed by atoms with Crippen LogP contribution in [0.15, 0.2) is 26.5 Å². The van der Waals surface area contributed by atoms with Crippen LogP contribution in [0.4, 0.5) is 4.39 Å². The summed E-state index contributed by atoms with van der Waals surface area (Å²) in [5.74, 6) is -0.178. The summed E-state index contributed by atoms with van der Waals surface area (Å²) in [5, 5.41) is 2.82. The highest BCUT2D eigenvalue weighted by Gasteiger charge is 2.08. The second-order valence-corrected chi connectivity index (χ2v) is 4.91. The van der Waals surface area contributed by atoms with Crippen molar-refractivity contribution in [3.05, 3.63) is 32.3 Å². The fraction of sp³-hybridized carbons (Fsp3) is 0. The smallest absolute Gasteiger partial charge is 0.155 e. The maximum atomic E-state index is 13.4. The summed E-state index contributed by atoms with van der Waals surface area (Å²) in [6.45, 7) is 0. The van der Waals surface area contributed by atoms with Gasteiger partial charge in [0, 0.05) is 15.2 Å². The lowest BCUT2D eigenvalue weighted by Crippen LogP contribution is -1.75. The van der Waals surface area contributed by atoms with Gasteiger partial charge in [-0.1, -0.05) is 6.07 Å². The van der Waals surface area contributed by atoms with Gasteiger partial charge in [0.25, 0.3) is 0 Å². The fourth-order valence-electron chi connectivity index (χ4n) is 1.01. The first-order valence-corrected chi connectivity index (χ1v) is 5.67. The molecule has 0 radical (unpaired) electrons. The zero-order valence-corrected chi connectivity index (χ0v) is 9.76. The number of benzene rings is 1. The molecule has 0 unspecified atom stereocenters. The molecule has 0 aliphatic heterocycles. The highest BCUT2D eigenvalue weighted by molar-refractivity contribution is 9.11. The fourth-order valence-corrected chi connectivity index (χ4v) is 3.08. The van der Waals surface area contributed by atoms with Gasteiger partial charge in [0.2, 0.25) is 0 Å². The first-order chi connectivity index (χ1) is 5.70. The van der Waals surface area contributed by atoms with Gasteiger partial charge in [-0.2, -0.15) is 0 Å². The van der Waals surface area contributed by atoms with Crippen LogP contribution in [0.3, 0.4) is 0 Å². The van der Waals surface area contributed by atoms with Crippen molar-refractivity contribution in [3.8, 4) is 0 Å². The van der Waals surface area contributed by atoms with Crippen LogP contribution in [0.1, 0.15) is 0 Å². The predicted molar refractivity (Wildman–Crippen MR) is 57.2 cm³/mol. The molecule has 1 aromatic carbocycles. The van der Waals surface area contributed by atoms with Gasteiger partial charge in [-0.25, -0.2) is 4.39 Å². The molecule has 4 heteroatoms. The molecule has 0 aliphatic carbocycles. The molecule has 0 saturated heterocycles. The molecule has 0 saturated carbocycles. The first kappa shape index (κ1) is 8.66. The SMILES string of the molecule is Fc1c(Br)ccc2c(Br)csc12. The minimum Gasteiger partial charge on any atom is -0.204 e. The quantitative estimate of drug-likeness (QED) is 0.669. The van der Waals surface area contributed by atoms with E-state index in [1.54, 1.807) is 6.07 Å². The van der Waals surface area contributed by atoms with Crippen molar-refractivity contribution in [2.24, 2.45) is 0 Å². The second kappa shape index (κ2) is 3.09. The van der Waals surface area contributed by atoms with Crippen molar-refractivity contribution in [3.63, 3.8) is 0 Å². The van der Waals surface area contributed by atoms with Gasteiger partial charge in [0.05, 0.1) is 9.17 Å². The van der Waals surface area contributed by atoms with Gasteiger partial charge >= 0.3 is 0 Å². The van der Waals surface area contributed by atoms with Gasteiger partial charge in [-0.05, 0) is 37.9 Å². The van der Waals surface area contributed by atoms with E-state index in [4.69, 9.17) is 0 Å². The number of thiophene rings is 1. The van der Waals surface area contributed by atoms with E-state index in [1.807, 2.05) is 11.4 Å². The summed E-state index contributed by atoms with van der Waals surface area (Å²) >= 11 is 7.90. The molecule has 0 bridgehead atoms. The number of fused-ring (bicyclic) bond motifs is 1. The van der Waals surface area contributed by atoms with Gasteiger partial charge in [-0.3, -0.25) is 0 Å². The van der Waals surface area contributed by atoms with Crippen molar-refractivity contribution in [2.75, 3.05) is 0 Å². The third-order valence-corrected chi connectivity index (χ3v) is 4.15. The Balaban J connectivity index is 2.93. The maximum Gasteiger partial charge on any atom is 0.155 e. The Labute approximate surface area is 89.7 Å². The zero-order chi connectivity index (χ0) is 8.72. The van der Waals surface area contributed by atoms with Crippen LogP contribution in [0.2, 0.25) is 0 Å². The third-order valence-electron chi connectivity index (χ3n) is 1.59. The van der Waals surface area contributed by atoms with Crippen molar-refractivity contribution < 1.29 is 4.39 Å². The summed E-state index contributed by atoms with van der Waals surface area (Å²) < 4.78 is 15.5. The Hall–Kier alpha value is 0.0700. The summed E-state index contributed by atoms with van der Waals surface area (Å²) in [4.78, 5) is 0. The monoisotopic (exact) mass is 308 g/mol. The molecule has 12 heavy (non-hydrogen) atoms. The molecule has 0 amide bonds. The first-order valence-electron chi connectivity index (χ1n) is 3.21. The van der Waals surface area contributed by atoms with Crippen LogP contribution < -0.4 is 0 Å². The van der Waals surface area contributed by atoms with Crippen LogP contribution in [-0.2, 0) is 0 Å². The molecule has 2 aromatic rings. The molecule has 1 aromatic heterocycles. The third kappa shape index (κ3) is 1.22. The van der Waals surface area contributed by atoms with Gasteiger partial charge in [0.1, 0.15) is 0 Å². The molecule has 0 nitrogen and oxygen atoms in total. The molecule has 62 valence electrons. The topological polar surface area (TPSA) is 0 Å². The largest absolute Gasteiger partial charge is 0.204 e. The number of halogens is 3. The van der Waals surface area contributed by atoms with E-state index in [0.717, 1.165) is 9.86 Å². The molecular formula is C8H3Br2FS. The summed E-state index contributed by atoms with van der Waals surface area (Å²) in [7, 11) is 0. The predicted octanol–water partition coefficient (Wildman–Crippen LogP) is 4.57. The van der Waals surface area contributed by atoms with Crippen molar-refractivity contribution >= 4 is 53.3 Å². The molecule has 2 rings (SSSR count). The normalized spacial score (nSPS) is 10.9. The Kier molecular flexibility index (Phi) is 2.23. The van der Waals surface area contributed by atoms with E-state index >= 15 is 0 Å². The number of hydrogen-bond acceptors (Lipinski definition) is 1. The van der Waals surface area contributed by atoms with Crippen LogP contribution in [0.25, 0.3) is 10.1 Å². The van der Waals surface area contributed by atoms with Gasteiger partial charge in [-0.15, -0.1) is 11.3 Å². The van der Waals surface area contributed by atoms with Gasteiger partial charge < -0.3 is 0 Å². The summed E-state index contributed by atoms with van der Waals surface area (Å²) in [6, 6.07) is 3.61. The Bertz CT molecular complexity index is 436. The van der Waals surface area contributed by atoms with E-state index in [9.17, 15) is 4.39 Å². The van der Waals surface area contributed by atoms with E-state index in [-0.39, 0.29) is 5.82 Å². The lowest BCUT2D eigenvalue weighted by Gasteiger charge is -1.94. The van der Waals surface area contributed by atoms with E-state index in [0.29, 0.717) is 9.17 Å². The average Bonchev–Trinajstić information content (AvgIpc) is 2.41. The molecule has 0 spiro atoms. The van der Waals surface area contributed by atoms with Crippen molar-refractivity contribution in [1.29, 1.82) is 0 Å².